The van der Waals surface area contributed by atoms with E-state index in [1.54, 1.807) is 31.4 Å². The van der Waals surface area contributed by atoms with Crippen LogP contribution in [0.15, 0.2) is 50.4 Å². The third-order valence-electron chi connectivity index (χ3n) is 4.58. The summed E-state index contributed by atoms with van der Waals surface area (Å²) in [5.74, 6) is 1.65. The molecule has 8 heteroatoms. The van der Waals surface area contributed by atoms with Gasteiger partial charge in [0, 0.05) is 15.4 Å². The normalized spacial score (nSPS) is 12.2. The minimum absolute atomic E-state index is 0.0630. The van der Waals surface area contributed by atoms with Crippen LogP contribution in [0.1, 0.15) is 43.3 Å². The molecule has 1 atom stereocenters. The van der Waals surface area contributed by atoms with Crippen molar-refractivity contribution < 1.29 is 23.4 Å². The van der Waals surface area contributed by atoms with Crippen LogP contribution in [0.5, 0.6) is 17.2 Å². The third-order valence-corrected chi connectivity index (χ3v) is 5.27. The van der Waals surface area contributed by atoms with E-state index in [4.69, 9.17) is 18.6 Å². The second-order valence-corrected chi connectivity index (χ2v) is 7.66. The van der Waals surface area contributed by atoms with Crippen molar-refractivity contribution in [1.82, 2.24) is 5.43 Å². The fourth-order valence-electron chi connectivity index (χ4n) is 2.81. The summed E-state index contributed by atoms with van der Waals surface area (Å²) in [6.07, 6.45) is 2.46. The Morgan fingerprint density at radius 3 is 2.74 bits per heavy atom. The second-order valence-electron chi connectivity index (χ2n) is 6.80. The van der Waals surface area contributed by atoms with Crippen molar-refractivity contribution in [1.29, 1.82) is 0 Å². The lowest BCUT2D eigenvalue weighted by atomic mass is 10.2. The van der Waals surface area contributed by atoms with Gasteiger partial charge in [-0.2, -0.15) is 5.10 Å². The summed E-state index contributed by atoms with van der Waals surface area (Å²) in [6.45, 7) is 6.52. The van der Waals surface area contributed by atoms with Crippen molar-refractivity contribution >= 4 is 39.0 Å². The van der Waals surface area contributed by atoms with Crippen LogP contribution in [0.2, 0.25) is 0 Å². The van der Waals surface area contributed by atoms with Crippen molar-refractivity contribution in [2.24, 2.45) is 5.10 Å². The topological polar surface area (TPSA) is 82.3 Å². The number of fused-ring (bicyclic) bond motifs is 1. The molecule has 0 bridgehead atoms. The molecule has 1 N–H and O–H groups in total. The molecule has 3 rings (SSSR count). The smallest absolute Gasteiger partial charge is 0.307 e. The van der Waals surface area contributed by atoms with E-state index in [0.717, 1.165) is 27.6 Å². The Kier molecular flexibility index (Phi) is 7.57. The van der Waals surface area contributed by atoms with Crippen LogP contribution >= 0.6 is 15.9 Å². The first-order valence-electron chi connectivity index (χ1n) is 9.99. The van der Waals surface area contributed by atoms with E-state index >= 15 is 0 Å². The van der Waals surface area contributed by atoms with E-state index < -0.39 is 5.91 Å². The zero-order valence-electron chi connectivity index (χ0n) is 17.9. The van der Waals surface area contributed by atoms with Gasteiger partial charge in [0.1, 0.15) is 11.3 Å². The molecule has 0 spiro atoms. The van der Waals surface area contributed by atoms with Gasteiger partial charge in [0.15, 0.2) is 17.3 Å². The molecule has 0 saturated heterocycles. The number of hydrogen-bond acceptors (Lipinski definition) is 6. The molecule has 3 aromatic rings. The fourth-order valence-corrected chi connectivity index (χ4v) is 3.23. The SMILES string of the molecule is CCOc1ccc2oc(C(=O)N/N=C/c3cc(OC)c(O[C@@H](C)CC)cc3Br)cc2c1. The van der Waals surface area contributed by atoms with Gasteiger partial charge < -0.3 is 18.6 Å². The van der Waals surface area contributed by atoms with Crippen molar-refractivity contribution in [3.63, 3.8) is 0 Å². The number of hydrazone groups is 1. The maximum Gasteiger partial charge on any atom is 0.307 e. The molecule has 1 aromatic heterocycles. The zero-order chi connectivity index (χ0) is 22.4. The number of nitrogens with one attached hydrogen (secondary N) is 1. The highest BCUT2D eigenvalue weighted by Crippen LogP contribution is 2.34. The van der Waals surface area contributed by atoms with Crippen LogP contribution in [0.4, 0.5) is 0 Å². The van der Waals surface area contributed by atoms with E-state index in [-0.39, 0.29) is 11.9 Å². The Balaban J connectivity index is 1.72. The summed E-state index contributed by atoms with van der Waals surface area (Å²) in [5.41, 5.74) is 3.80. The van der Waals surface area contributed by atoms with Gasteiger partial charge >= 0.3 is 5.91 Å². The van der Waals surface area contributed by atoms with Gasteiger partial charge in [-0.25, -0.2) is 5.43 Å². The summed E-state index contributed by atoms with van der Waals surface area (Å²) < 4.78 is 23.1. The molecule has 164 valence electrons. The van der Waals surface area contributed by atoms with Crippen LogP contribution in [-0.2, 0) is 0 Å². The predicted octanol–water partition coefficient (Wildman–Crippen LogP) is 5.54. The van der Waals surface area contributed by atoms with Gasteiger partial charge in [-0.05, 0) is 72.6 Å². The molecular weight excluding hydrogens is 464 g/mol. The lowest BCUT2D eigenvalue weighted by molar-refractivity contribution is 0.0929. The van der Waals surface area contributed by atoms with E-state index in [9.17, 15) is 4.79 Å². The number of ether oxygens (including phenoxy) is 3. The van der Waals surface area contributed by atoms with Gasteiger partial charge in [0.05, 0.1) is 26.0 Å². The van der Waals surface area contributed by atoms with Crippen LogP contribution in [-0.4, -0.2) is 31.9 Å². The van der Waals surface area contributed by atoms with Gasteiger partial charge in [0.2, 0.25) is 0 Å². The molecule has 7 nitrogen and oxygen atoms in total. The number of rotatable bonds is 9. The molecule has 31 heavy (non-hydrogen) atoms. The van der Waals surface area contributed by atoms with Crippen molar-refractivity contribution in [2.45, 2.75) is 33.3 Å². The molecule has 0 aliphatic rings. The van der Waals surface area contributed by atoms with Gasteiger partial charge in [-0.1, -0.05) is 6.92 Å². The van der Waals surface area contributed by atoms with E-state index in [0.29, 0.717) is 23.7 Å². The van der Waals surface area contributed by atoms with E-state index in [2.05, 4.69) is 33.4 Å². The number of methoxy groups -OCH3 is 1. The summed E-state index contributed by atoms with van der Waals surface area (Å²) in [7, 11) is 1.58. The molecule has 1 amide bonds. The average molecular weight is 489 g/mol. The van der Waals surface area contributed by atoms with E-state index in [1.807, 2.05) is 26.0 Å². The third kappa shape index (κ3) is 5.58. The molecular formula is C23H25BrN2O5. The average Bonchev–Trinajstić information content (AvgIpc) is 3.19. The molecule has 0 aliphatic carbocycles. The highest BCUT2D eigenvalue weighted by molar-refractivity contribution is 9.10. The first-order valence-corrected chi connectivity index (χ1v) is 10.8. The number of carbonyl (C=O) groups is 1. The quantitative estimate of drug-likeness (QED) is 0.315. The molecule has 0 unspecified atom stereocenters. The molecule has 2 aromatic carbocycles. The number of amides is 1. The lowest BCUT2D eigenvalue weighted by Gasteiger charge is -2.16. The number of nitrogens with zero attached hydrogens (tertiary/aromatic N) is 1. The van der Waals surface area contributed by atoms with Crippen molar-refractivity contribution in [3.8, 4) is 17.2 Å². The highest BCUT2D eigenvalue weighted by atomic mass is 79.9. The maximum atomic E-state index is 12.4. The summed E-state index contributed by atoms with van der Waals surface area (Å²) >= 11 is 3.51. The standard InChI is InChI=1S/C23H25BrN2O5/c1-5-14(3)30-21-12-18(24)16(11-20(21)28-4)13-25-26-23(27)22-10-15-9-17(29-6-2)7-8-19(15)31-22/h7-14H,5-6H2,1-4H3,(H,26,27)/b25-13+/t14-/m0/s1. The maximum absolute atomic E-state index is 12.4. The number of carbonyl (C=O) groups excluding carboxylic acids is 1. The Morgan fingerprint density at radius 1 is 1.23 bits per heavy atom. The summed E-state index contributed by atoms with van der Waals surface area (Å²) in [4.78, 5) is 12.4. The van der Waals surface area contributed by atoms with Crippen LogP contribution in [0, 0.1) is 0 Å². The lowest BCUT2D eigenvalue weighted by Crippen LogP contribution is -2.16. The number of hydrogen-bond donors (Lipinski definition) is 1. The first-order chi connectivity index (χ1) is 14.9. The first kappa shape index (κ1) is 22.7. The molecule has 0 saturated carbocycles. The largest absolute Gasteiger partial charge is 0.494 e. The monoisotopic (exact) mass is 488 g/mol. The Bertz CT molecular complexity index is 1090. The summed E-state index contributed by atoms with van der Waals surface area (Å²) in [6, 6.07) is 10.7. The minimum atomic E-state index is -0.453. The summed E-state index contributed by atoms with van der Waals surface area (Å²) in [5, 5.41) is 4.82. The van der Waals surface area contributed by atoms with Crippen LogP contribution < -0.4 is 19.6 Å². The predicted molar refractivity (Wildman–Crippen MR) is 124 cm³/mol. The molecule has 1 heterocycles. The molecule has 0 aliphatic heterocycles. The van der Waals surface area contributed by atoms with Crippen molar-refractivity contribution in [3.05, 3.63) is 52.2 Å². The number of benzene rings is 2. The van der Waals surface area contributed by atoms with Crippen LogP contribution in [0.25, 0.3) is 11.0 Å². The molecule has 0 radical (unpaired) electrons. The highest BCUT2D eigenvalue weighted by Gasteiger charge is 2.14. The van der Waals surface area contributed by atoms with Crippen LogP contribution in [0.3, 0.4) is 0 Å². The van der Waals surface area contributed by atoms with Gasteiger partial charge in [0.25, 0.3) is 0 Å². The Hall–Kier alpha value is -3.00. The van der Waals surface area contributed by atoms with Gasteiger partial charge in [-0.15, -0.1) is 0 Å². The number of halogens is 1. The Morgan fingerprint density at radius 2 is 2.03 bits per heavy atom. The Labute approximate surface area is 189 Å². The van der Waals surface area contributed by atoms with E-state index in [1.165, 1.54) is 6.21 Å². The number of furan rings is 1. The van der Waals surface area contributed by atoms with Crippen molar-refractivity contribution in [2.75, 3.05) is 13.7 Å². The van der Waals surface area contributed by atoms with Gasteiger partial charge in [-0.3, -0.25) is 4.79 Å². The fraction of sp³-hybridized carbons (Fsp3) is 0.304. The minimum Gasteiger partial charge on any atom is -0.494 e. The zero-order valence-corrected chi connectivity index (χ0v) is 19.5. The molecule has 0 fully saturated rings. The second kappa shape index (κ2) is 10.3.